The third-order valence-electron chi connectivity index (χ3n) is 6.74. The molecule has 0 radical (unpaired) electrons. The topological polar surface area (TPSA) is 26.0 Å². The van der Waals surface area contributed by atoms with Gasteiger partial charge < -0.3 is 5.73 Å². The smallest absolute Gasteiger partial charge is 0.00205 e. The van der Waals surface area contributed by atoms with E-state index in [0.717, 1.165) is 29.7 Å². The van der Waals surface area contributed by atoms with Gasteiger partial charge in [0.1, 0.15) is 0 Å². The van der Waals surface area contributed by atoms with Crippen LogP contribution >= 0.6 is 0 Å². The zero-order chi connectivity index (χ0) is 11.5. The average molecular weight is 233 g/mol. The van der Waals surface area contributed by atoms with E-state index in [9.17, 15) is 0 Å². The Kier molecular flexibility index (Phi) is 2.23. The van der Waals surface area contributed by atoms with Crippen LogP contribution in [0.25, 0.3) is 0 Å². The van der Waals surface area contributed by atoms with Gasteiger partial charge in [-0.1, -0.05) is 0 Å². The molecule has 0 amide bonds. The van der Waals surface area contributed by atoms with Crippen LogP contribution in [0.3, 0.4) is 0 Å². The Morgan fingerprint density at radius 3 is 1.76 bits per heavy atom. The maximum atomic E-state index is 5.95. The molecule has 0 spiro atoms. The maximum Gasteiger partial charge on any atom is -0.00205 e. The third-order valence-corrected chi connectivity index (χ3v) is 6.74. The van der Waals surface area contributed by atoms with Crippen molar-refractivity contribution in [2.24, 2.45) is 34.3 Å². The molecule has 0 aromatic rings. The van der Waals surface area contributed by atoms with E-state index in [-0.39, 0.29) is 0 Å². The summed E-state index contributed by atoms with van der Waals surface area (Å²) in [5.41, 5.74) is 7.35. The van der Waals surface area contributed by atoms with Crippen LogP contribution in [0.4, 0.5) is 0 Å². The molecule has 96 valence electrons. The van der Waals surface area contributed by atoms with E-state index in [4.69, 9.17) is 5.73 Å². The molecule has 17 heavy (non-hydrogen) atoms. The fourth-order valence-corrected chi connectivity index (χ4v) is 5.86. The fraction of sp³-hybridized carbons (Fsp3) is 1.00. The summed E-state index contributed by atoms with van der Waals surface area (Å²) in [4.78, 5) is 0. The molecule has 5 fully saturated rings. The molecule has 4 bridgehead atoms. The molecule has 5 aliphatic rings. The Morgan fingerprint density at radius 2 is 1.35 bits per heavy atom. The van der Waals surface area contributed by atoms with E-state index in [2.05, 4.69) is 0 Å². The lowest BCUT2D eigenvalue weighted by atomic mass is 9.48. The van der Waals surface area contributed by atoms with E-state index < -0.39 is 0 Å². The van der Waals surface area contributed by atoms with Gasteiger partial charge in [0.2, 0.25) is 0 Å². The second-order valence-electron chi connectivity index (χ2n) is 8.12. The first-order chi connectivity index (χ1) is 8.21. The predicted molar refractivity (Wildman–Crippen MR) is 70.6 cm³/mol. The van der Waals surface area contributed by atoms with Crippen LogP contribution in [0.1, 0.15) is 64.2 Å². The van der Waals surface area contributed by atoms with Crippen molar-refractivity contribution in [2.45, 2.75) is 64.2 Å². The highest BCUT2D eigenvalue weighted by Crippen LogP contribution is 2.63. The van der Waals surface area contributed by atoms with Crippen molar-refractivity contribution in [2.75, 3.05) is 6.54 Å². The van der Waals surface area contributed by atoms with Gasteiger partial charge in [0.25, 0.3) is 0 Å². The van der Waals surface area contributed by atoms with Crippen molar-refractivity contribution in [3.63, 3.8) is 0 Å². The molecular weight excluding hydrogens is 206 g/mol. The average Bonchev–Trinajstić information content (AvgIpc) is 3.05. The van der Waals surface area contributed by atoms with Gasteiger partial charge in [-0.15, -0.1) is 0 Å². The molecule has 0 aromatic carbocycles. The van der Waals surface area contributed by atoms with Gasteiger partial charge >= 0.3 is 0 Å². The molecule has 1 heteroatoms. The summed E-state index contributed by atoms with van der Waals surface area (Å²) in [5.74, 6) is 3.36. The third kappa shape index (κ3) is 1.77. The van der Waals surface area contributed by atoms with E-state index in [1.807, 2.05) is 0 Å². The largest absolute Gasteiger partial charge is 0.330 e. The SMILES string of the molecule is NCC1(CCC23CC4CC(CC(C4)C2)C3)CC1. The molecule has 0 unspecified atom stereocenters. The molecule has 5 aliphatic carbocycles. The summed E-state index contributed by atoms with van der Waals surface area (Å²) < 4.78 is 0. The van der Waals surface area contributed by atoms with Crippen molar-refractivity contribution >= 4 is 0 Å². The van der Waals surface area contributed by atoms with Gasteiger partial charge in [0.05, 0.1) is 0 Å². The van der Waals surface area contributed by atoms with Crippen molar-refractivity contribution in [1.29, 1.82) is 0 Å². The van der Waals surface area contributed by atoms with E-state index in [1.54, 1.807) is 38.5 Å². The molecule has 0 atom stereocenters. The van der Waals surface area contributed by atoms with Gasteiger partial charge in [-0.2, -0.15) is 0 Å². The zero-order valence-corrected chi connectivity index (χ0v) is 11.1. The first-order valence-corrected chi connectivity index (χ1v) is 7.91. The normalized spacial score (nSPS) is 49.6. The summed E-state index contributed by atoms with van der Waals surface area (Å²) in [5, 5.41) is 0. The standard InChI is InChI=1S/C16H27N/c17-11-15(1-2-15)3-4-16-8-12-5-13(9-16)7-14(6-12)10-16/h12-14H,1-11,17H2. The van der Waals surface area contributed by atoms with E-state index in [0.29, 0.717) is 5.41 Å². The Bertz CT molecular complexity index is 280. The van der Waals surface area contributed by atoms with Crippen LogP contribution in [0.15, 0.2) is 0 Å². The van der Waals surface area contributed by atoms with Crippen LogP contribution in [0.5, 0.6) is 0 Å². The van der Waals surface area contributed by atoms with E-state index >= 15 is 0 Å². The quantitative estimate of drug-likeness (QED) is 0.787. The second kappa shape index (κ2) is 3.50. The molecular formula is C16H27N. The van der Waals surface area contributed by atoms with Gasteiger partial charge in [-0.05, 0) is 99.3 Å². The van der Waals surface area contributed by atoms with Crippen LogP contribution in [0, 0.1) is 28.6 Å². The summed E-state index contributed by atoms with van der Waals surface area (Å²) >= 11 is 0. The van der Waals surface area contributed by atoms with Gasteiger partial charge in [0, 0.05) is 0 Å². The Balaban J connectivity index is 1.46. The molecule has 0 heterocycles. The summed E-state index contributed by atoms with van der Waals surface area (Å²) in [6, 6.07) is 0. The molecule has 5 rings (SSSR count). The Morgan fingerprint density at radius 1 is 0.824 bits per heavy atom. The van der Waals surface area contributed by atoms with Crippen molar-refractivity contribution in [3.05, 3.63) is 0 Å². The molecule has 0 saturated heterocycles. The lowest BCUT2D eigenvalue weighted by molar-refractivity contribution is -0.0604. The first-order valence-electron chi connectivity index (χ1n) is 7.91. The summed E-state index contributed by atoms with van der Waals surface area (Å²) in [6.45, 7) is 0.958. The zero-order valence-electron chi connectivity index (χ0n) is 11.1. The van der Waals surface area contributed by atoms with Crippen molar-refractivity contribution < 1.29 is 0 Å². The Labute approximate surface area is 106 Å². The number of nitrogens with two attached hydrogens (primary N) is 1. The van der Waals surface area contributed by atoms with Crippen molar-refractivity contribution in [1.82, 2.24) is 0 Å². The second-order valence-corrected chi connectivity index (χ2v) is 8.12. The monoisotopic (exact) mass is 233 g/mol. The predicted octanol–water partition coefficient (Wildman–Crippen LogP) is 3.72. The van der Waals surface area contributed by atoms with Crippen LogP contribution in [-0.4, -0.2) is 6.54 Å². The highest BCUT2D eigenvalue weighted by Gasteiger charge is 2.52. The lowest BCUT2D eigenvalue weighted by Gasteiger charge is -2.57. The first kappa shape index (κ1) is 10.8. The van der Waals surface area contributed by atoms with Gasteiger partial charge in [0.15, 0.2) is 0 Å². The molecule has 0 aliphatic heterocycles. The highest BCUT2D eigenvalue weighted by molar-refractivity contribution is 5.03. The minimum absolute atomic E-state index is 0.614. The van der Waals surface area contributed by atoms with Crippen LogP contribution in [0.2, 0.25) is 0 Å². The molecule has 1 nitrogen and oxygen atoms in total. The highest BCUT2D eigenvalue weighted by atomic mass is 14.7. The molecule has 0 aromatic heterocycles. The molecule has 5 saturated carbocycles. The maximum absolute atomic E-state index is 5.95. The number of rotatable bonds is 4. The Hall–Kier alpha value is -0.0400. The number of hydrogen-bond donors (Lipinski definition) is 1. The summed E-state index contributed by atoms with van der Waals surface area (Å²) in [7, 11) is 0. The van der Waals surface area contributed by atoms with Crippen LogP contribution in [-0.2, 0) is 0 Å². The minimum atomic E-state index is 0.614. The lowest BCUT2D eigenvalue weighted by Crippen LogP contribution is -2.46. The number of hydrogen-bond acceptors (Lipinski definition) is 1. The van der Waals surface area contributed by atoms with E-state index in [1.165, 1.54) is 25.7 Å². The fourth-order valence-electron chi connectivity index (χ4n) is 5.86. The van der Waals surface area contributed by atoms with Crippen molar-refractivity contribution in [3.8, 4) is 0 Å². The minimum Gasteiger partial charge on any atom is -0.330 e. The van der Waals surface area contributed by atoms with Gasteiger partial charge in [-0.3, -0.25) is 0 Å². The van der Waals surface area contributed by atoms with Crippen LogP contribution < -0.4 is 5.73 Å². The van der Waals surface area contributed by atoms with Gasteiger partial charge in [-0.25, -0.2) is 0 Å². The summed E-state index contributed by atoms with van der Waals surface area (Å²) in [6.07, 6.45) is 15.3. The molecule has 2 N–H and O–H groups in total.